The highest BCUT2D eigenvalue weighted by atomic mass is 35.5. The van der Waals surface area contributed by atoms with Crippen LogP contribution in [0.15, 0.2) is 18.2 Å². The Hall–Kier alpha value is -1.55. The Labute approximate surface area is 104 Å². The van der Waals surface area contributed by atoms with Gasteiger partial charge in [0.05, 0.1) is 20.1 Å². The molecule has 0 saturated heterocycles. The quantitative estimate of drug-likeness (QED) is 0.573. The molecular formula is C12H13ClO4. The highest BCUT2D eigenvalue weighted by Crippen LogP contribution is 2.24. The molecular weight excluding hydrogens is 244 g/mol. The van der Waals surface area contributed by atoms with Gasteiger partial charge in [-0.3, -0.25) is 9.59 Å². The lowest BCUT2D eigenvalue weighted by Gasteiger charge is -2.09. The number of hydrogen-bond acceptors (Lipinski definition) is 4. The molecule has 1 aromatic rings. The summed E-state index contributed by atoms with van der Waals surface area (Å²) in [4.78, 5) is 22.6. The Morgan fingerprint density at radius 1 is 1.18 bits per heavy atom. The lowest BCUT2D eigenvalue weighted by atomic mass is 10.1. The Morgan fingerprint density at radius 3 is 2.41 bits per heavy atom. The van der Waals surface area contributed by atoms with E-state index in [1.165, 1.54) is 14.2 Å². The molecule has 0 amide bonds. The van der Waals surface area contributed by atoms with Crippen molar-refractivity contribution in [2.75, 3.05) is 20.1 Å². The van der Waals surface area contributed by atoms with Crippen LogP contribution in [-0.2, 0) is 16.0 Å². The van der Waals surface area contributed by atoms with Gasteiger partial charge >= 0.3 is 0 Å². The summed E-state index contributed by atoms with van der Waals surface area (Å²) in [5.74, 6) is -0.290. The van der Waals surface area contributed by atoms with E-state index >= 15 is 0 Å². The molecule has 4 nitrogen and oxygen atoms in total. The van der Waals surface area contributed by atoms with Crippen LogP contribution < -0.4 is 9.47 Å². The fourth-order valence-corrected chi connectivity index (χ4v) is 1.52. The largest absolute Gasteiger partial charge is 0.497 e. The maximum absolute atomic E-state index is 11.5. The summed E-state index contributed by atoms with van der Waals surface area (Å²) in [7, 11) is 3.02. The smallest absolute Gasteiger partial charge is 0.213 e. The van der Waals surface area contributed by atoms with Crippen molar-refractivity contribution >= 4 is 23.2 Å². The number of rotatable bonds is 6. The van der Waals surface area contributed by atoms with E-state index in [-0.39, 0.29) is 12.3 Å². The van der Waals surface area contributed by atoms with Gasteiger partial charge in [-0.25, -0.2) is 0 Å². The third kappa shape index (κ3) is 3.46. The summed E-state index contributed by atoms with van der Waals surface area (Å²) in [6.07, 6.45) is -0.0358. The van der Waals surface area contributed by atoms with Crippen molar-refractivity contribution in [2.24, 2.45) is 0 Å². The van der Waals surface area contributed by atoms with Crippen LogP contribution in [0.3, 0.4) is 0 Å². The average Bonchev–Trinajstić information content (AvgIpc) is 2.37. The van der Waals surface area contributed by atoms with Crippen LogP contribution in [0, 0.1) is 0 Å². The predicted molar refractivity (Wildman–Crippen MR) is 64.0 cm³/mol. The molecule has 1 aromatic carbocycles. The zero-order valence-electron chi connectivity index (χ0n) is 9.66. The van der Waals surface area contributed by atoms with Crippen LogP contribution in [0.1, 0.15) is 5.56 Å². The first-order valence-corrected chi connectivity index (χ1v) is 5.48. The number of benzene rings is 1. The number of ketones is 2. The number of Topliss-reactive ketones (excluding diaryl/α,β-unsaturated/α-hetero) is 2. The molecule has 0 heterocycles. The Kier molecular flexibility index (Phi) is 4.97. The Balaban J connectivity index is 2.95. The number of carbonyl (C=O) groups excluding carboxylic acids is 2. The molecule has 0 N–H and O–H groups in total. The summed E-state index contributed by atoms with van der Waals surface area (Å²) in [6, 6.07) is 5.07. The van der Waals surface area contributed by atoms with Gasteiger partial charge in [0.1, 0.15) is 11.5 Å². The van der Waals surface area contributed by atoms with Crippen LogP contribution in [0.5, 0.6) is 11.5 Å². The van der Waals surface area contributed by atoms with E-state index in [4.69, 9.17) is 21.1 Å². The summed E-state index contributed by atoms with van der Waals surface area (Å²) in [5, 5.41) is 0. The van der Waals surface area contributed by atoms with Gasteiger partial charge in [0.25, 0.3) is 0 Å². The molecule has 0 aliphatic rings. The second-order valence-corrected chi connectivity index (χ2v) is 3.60. The second-order valence-electron chi connectivity index (χ2n) is 3.33. The molecule has 0 radical (unpaired) electrons. The first-order valence-electron chi connectivity index (χ1n) is 4.95. The molecule has 0 aliphatic carbocycles. The van der Waals surface area contributed by atoms with Crippen LogP contribution in [0.4, 0.5) is 0 Å². The zero-order chi connectivity index (χ0) is 12.8. The van der Waals surface area contributed by atoms with Crippen molar-refractivity contribution in [1.29, 1.82) is 0 Å². The van der Waals surface area contributed by atoms with Crippen molar-refractivity contribution < 1.29 is 19.1 Å². The Bertz CT molecular complexity index is 429. The van der Waals surface area contributed by atoms with E-state index in [1.807, 2.05) is 0 Å². The summed E-state index contributed by atoms with van der Waals surface area (Å²) < 4.78 is 10.2. The van der Waals surface area contributed by atoms with Crippen molar-refractivity contribution in [2.45, 2.75) is 6.42 Å². The maximum atomic E-state index is 11.5. The highest BCUT2D eigenvalue weighted by molar-refractivity contribution is 6.47. The van der Waals surface area contributed by atoms with E-state index in [2.05, 4.69) is 0 Å². The normalized spacial score (nSPS) is 9.82. The minimum atomic E-state index is -0.600. The SMILES string of the molecule is COc1ccc(OC)c(CC(=O)C(=O)CCl)c1. The summed E-state index contributed by atoms with van der Waals surface area (Å²) in [6.45, 7) is 0. The van der Waals surface area contributed by atoms with Gasteiger partial charge in [-0.2, -0.15) is 0 Å². The lowest BCUT2D eigenvalue weighted by molar-refractivity contribution is -0.134. The monoisotopic (exact) mass is 256 g/mol. The molecule has 0 aromatic heterocycles. The molecule has 0 unspecified atom stereocenters. The van der Waals surface area contributed by atoms with Gasteiger partial charge in [-0.1, -0.05) is 0 Å². The Morgan fingerprint density at radius 2 is 1.88 bits per heavy atom. The fourth-order valence-electron chi connectivity index (χ4n) is 1.37. The molecule has 0 atom stereocenters. The van der Waals surface area contributed by atoms with Crippen LogP contribution in [0.25, 0.3) is 0 Å². The summed E-state index contributed by atoms with van der Waals surface area (Å²) >= 11 is 5.32. The molecule has 0 saturated carbocycles. The van der Waals surface area contributed by atoms with E-state index in [9.17, 15) is 9.59 Å². The highest BCUT2D eigenvalue weighted by Gasteiger charge is 2.16. The van der Waals surface area contributed by atoms with Gasteiger partial charge in [0.2, 0.25) is 11.6 Å². The lowest BCUT2D eigenvalue weighted by Crippen LogP contribution is -2.17. The van der Waals surface area contributed by atoms with Crippen LogP contribution in [0.2, 0.25) is 0 Å². The third-order valence-electron chi connectivity index (χ3n) is 2.27. The molecule has 0 aliphatic heterocycles. The predicted octanol–water partition coefficient (Wildman–Crippen LogP) is 1.62. The number of alkyl halides is 1. The molecule has 17 heavy (non-hydrogen) atoms. The van der Waals surface area contributed by atoms with Crippen molar-refractivity contribution in [3.8, 4) is 11.5 Å². The number of hydrogen-bond donors (Lipinski definition) is 0. The van der Waals surface area contributed by atoms with E-state index in [0.717, 1.165) is 0 Å². The van der Waals surface area contributed by atoms with Gasteiger partial charge in [0, 0.05) is 12.0 Å². The fraction of sp³-hybridized carbons (Fsp3) is 0.333. The minimum absolute atomic E-state index is 0.0358. The van der Waals surface area contributed by atoms with Gasteiger partial charge in [-0.15, -0.1) is 11.6 Å². The molecule has 0 spiro atoms. The standard InChI is InChI=1S/C12H13ClO4/c1-16-9-3-4-12(17-2)8(5-9)6-10(14)11(15)7-13/h3-5H,6-7H2,1-2H3. The van der Waals surface area contributed by atoms with Crippen LogP contribution >= 0.6 is 11.6 Å². The summed E-state index contributed by atoms with van der Waals surface area (Å²) in [5.41, 5.74) is 0.607. The van der Waals surface area contributed by atoms with Gasteiger partial charge in [0.15, 0.2) is 0 Å². The zero-order valence-corrected chi connectivity index (χ0v) is 10.4. The van der Waals surface area contributed by atoms with E-state index < -0.39 is 11.6 Å². The topological polar surface area (TPSA) is 52.6 Å². The van der Waals surface area contributed by atoms with Crippen molar-refractivity contribution in [3.63, 3.8) is 0 Å². The molecule has 92 valence electrons. The van der Waals surface area contributed by atoms with Crippen molar-refractivity contribution in [1.82, 2.24) is 0 Å². The number of halogens is 1. The molecule has 1 rings (SSSR count). The van der Waals surface area contributed by atoms with Crippen LogP contribution in [-0.4, -0.2) is 31.7 Å². The van der Waals surface area contributed by atoms with E-state index in [0.29, 0.717) is 17.1 Å². The molecule has 5 heteroatoms. The molecule has 0 fully saturated rings. The maximum Gasteiger partial charge on any atom is 0.213 e. The average molecular weight is 257 g/mol. The first-order chi connectivity index (χ1) is 8.12. The van der Waals surface area contributed by atoms with Gasteiger partial charge in [-0.05, 0) is 18.2 Å². The number of ether oxygens (including phenoxy) is 2. The third-order valence-corrected chi connectivity index (χ3v) is 2.51. The number of carbonyl (C=O) groups is 2. The first kappa shape index (κ1) is 13.5. The minimum Gasteiger partial charge on any atom is -0.497 e. The number of methoxy groups -OCH3 is 2. The van der Waals surface area contributed by atoms with E-state index in [1.54, 1.807) is 18.2 Å². The molecule has 0 bridgehead atoms. The van der Waals surface area contributed by atoms with Crippen molar-refractivity contribution in [3.05, 3.63) is 23.8 Å². The second kappa shape index (κ2) is 6.25. The van der Waals surface area contributed by atoms with Gasteiger partial charge < -0.3 is 9.47 Å².